The van der Waals surface area contributed by atoms with E-state index in [1.807, 2.05) is 0 Å². The van der Waals surface area contributed by atoms with Crippen LogP contribution in [0.4, 0.5) is 10.1 Å². The molecule has 0 bridgehead atoms. The summed E-state index contributed by atoms with van der Waals surface area (Å²) < 4.78 is 19.6. The Balaban J connectivity index is 2.28. The molecule has 110 valence electrons. The second-order valence-electron chi connectivity index (χ2n) is 4.09. The van der Waals surface area contributed by atoms with Crippen molar-refractivity contribution in [3.63, 3.8) is 0 Å². The lowest BCUT2D eigenvalue weighted by atomic mass is 10.2. The lowest BCUT2D eigenvalue weighted by Gasteiger charge is -2.08. The van der Waals surface area contributed by atoms with Crippen LogP contribution in [0.5, 0.6) is 5.75 Å². The zero-order chi connectivity index (χ0) is 15.6. The molecule has 0 aliphatic rings. The van der Waals surface area contributed by atoms with Gasteiger partial charge in [0, 0.05) is 19.2 Å². The number of nitro benzene ring substituents is 1. The van der Waals surface area contributed by atoms with Crippen LogP contribution < -0.4 is 4.74 Å². The van der Waals surface area contributed by atoms with Crippen molar-refractivity contribution < 1.29 is 24.0 Å². The highest BCUT2D eigenvalue weighted by molar-refractivity contribution is 5.88. The van der Waals surface area contributed by atoms with Gasteiger partial charge in [0.05, 0.1) is 16.8 Å². The van der Waals surface area contributed by atoms with Crippen LogP contribution in [-0.4, -0.2) is 25.8 Å². The standard InChI is InChI=1S/C12H10FN3O5/c1-15-10(8(5-14-15)12(17)18)6-21-11-4-7(13)2-3-9(11)16(19)20/h2-5H,6H2,1H3,(H,17,18). The van der Waals surface area contributed by atoms with Gasteiger partial charge in [-0.05, 0) is 6.07 Å². The number of halogens is 1. The Labute approximate surface area is 117 Å². The summed E-state index contributed by atoms with van der Waals surface area (Å²) in [6.45, 7) is -0.289. The quantitative estimate of drug-likeness (QED) is 0.665. The van der Waals surface area contributed by atoms with Crippen LogP contribution in [0.25, 0.3) is 0 Å². The summed E-state index contributed by atoms with van der Waals surface area (Å²) in [6, 6.07) is 2.79. The van der Waals surface area contributed by atoms with E-state index in [-0.39, 0.29) is 23.6 Å². The van der Waals surface area contributed by atoms with Crippen molar-refractivity contribution in [3.05, 3.63) is 51.6 Å². The van der Waals surface area contributed by atoms with Crippen LogP contribution in [0.3, 0.4) is 0 Å². The molecule has 0 radical (unpaired) electrons. The number of carboxylic acid groups (broad SMARTS) is 1. The van der Waals surface area contributed by atoms with Gasteiger partial charge in [0.1, 0.15) is 18.0 Å². The topological polar surface area (TPSA) is 107 Å². The minimum Gasteiger partial charge on any atom is -0.480 e. The van der Waals surface area contributed by atoms with Gasteiger partial charge in [-0.3, -0.25) is 14.8 Å². The summed E-state index contributed by atoms with van der Waals surface area (Å²) in [7, 11) is 1.51. The largest absolute Gasteiger partial charge is 0.480 e. The van der Waals surface area contributed by atoms with Crippen molar-refractivity contribution in [1.29, 1.82) is 0 Å². The molecule has 0 aliphatic carbocycles. The number of aryl methyl sites for hydroxylation is 1. The fourth-order valence-electron chi connectivity index (χ4n) is 1.71. The fourth-order valence-corrected chi connectivity index (χ4v) is 1.71. The third-order valence-electron chi connectivity index (χ3n) is 2.77. The number of aromatic nitrogens is 2. The van der Waals surface area contributed by atoms with Crippen LogP contribution in [0.1, 0.15) is 16.1 Å². The Hall–Kier alpha value is -2.97. The number of carbonyl (C=O) groups is 1. The Bertz CT molecular complexity index is 713. The molecule has 0 spiro atoms. The van der Waals surface area contributed by atoms with E-state index >= 15 is 0 Å². The van der Waals surface area contributed by atoms with Crippen molar-refractivity contribution >= 4 is 11.7 Å². The molecular formula is C12H10FN3O5. The van der Waals surface area contributed by atoms with Gasteiger partial charge in [-0.15, -0.1) is 0 Å². The molecule has 2 aromatic rings. The second kappa shape index (κ2) is 5.57. The monoisotopic (exact) mass is 295 g/mol. The zero-order valence-corrected chi connectivity index (χ0v) is 10.8. The summed E-state index contributed by atoms with van der Waals surface area (Å²) in [5.41, 5.74) is -0.284. The molecule has 1 heterocycles. The van der Waals surface area contributed by atoms with Crippen LogP contribution in [0.2, 0.25) is 0 Å². The van der Waals surface area contributed by atoms with Crippen molar-refractivity contribution in [2.45, 2.75) is 6.61 Å². The summed E-state index contributed by atoms with van der Waals surface area (Å²) in [5.74, 6) is -2.17. The molecule has 9 heteroatoms. The first-order valence-electron chi connectivity index (χ1n) is 5.71. The van der Waals surface area contributed by atoms with Crippen LogP contribution in [0, 0.1) is 15.9 Å². The number of ether oxygens (including phenoxy) is 1. The minimum atomic E-state index is -1.20. The van der Waals surface area contributed by atoms with Gasteiger partial charge < -0.3 is 9.84 Å². The molecule has 0 fully saturated rings. The molecule has 8 nitrogen and oxygen atoms in total. The maximum atomic E-state index is 13.1. The van der Waals surface area contributed by atoms with E-state index < -0.39 is 22.4 Å². The normalized spacial score (nSPS) is 10.4. The lowest BCUT2D eigenvalue weighted by Crippen LogP contribution is -2.09. The van der Waals surface area contributed by atoms with Gasteiger partial charge in [-0.2, -0.15) is 5.10 Å². The molecular weight excluding hydrogens is 285 g/mol. The number of rotatable bonds is 5. The fraction of sp³-hybridized carbons (Fsp3) is 0.167. The number of nitro groups is 1. The number of benzene rings is 1. The maximum absolute atomic E-state index is 13.1. The van der Waals surface area contributed by atoms with Gasteiger partial charge in [0.25, 0.3) is 0 Å². The smallest absolute Gasteiger partial charge is 0.339 e. The first-order valence-corrected chi connectivity index (χ1v) is 5.71. The highest BCUT2D eigenvalue weighted by Gasteiger charge is 2.19. The molecule has 0 saturated heterocycles. The van der Waals surface area contributed by atoms with Crippen molar-refractivity contribution in [1.82, 2.24) is 9.78 Å². The Morgan fingerprint density at radius 2 is 2.29 bits per heavy atom. The van der Waals surface area contributed by atoms with E-state index in [1.54, 1.807) is 0 Å². The lowest BCUT2D eigenvalue weighted by molar-refractivity contribution is -0.386. The van der Waals surface area contributed by atoms with E-state index in [2.05, 4.69) is 5.10 Å². The van der Waals surface area contributed by atoms with Crippen molar-refractivity contribution in [3.8, 4) is 5.75 Å². The van der Waals surface area contributed by atoms with E-state index in [4.69, 9.17) is 9.84 Å². The Morgan fingerprint density at radius 3 is 2.90 bits per heavy atom. The molecule has 21 heavy (non-hydrogen) atoms. The Morgan fingerprint density at radius 1 is 1.57 bits per heavy atom. The number of carboxylic acids is 1. The van der Waals surface area contributed by atoms with Gasteiger partial charge >= 0.3 is 11.7 Å². The van der Waals surface area contributed by atoms with Crippen LogP contribution >= 0.6 is 0 Å². The van der Waals surface area contributed by atoms with Gasteiger partial charge in [0.2, 0.25) is 0 Å². The Kier molecular flexibility index (Phi) is 3.83. The number of nitrogens with zero attached hydrogens (tertiary/aromatic N) is 3. The predicted molar refractivity (Wildman–Crippen MR) is 67.6 cm³/mol. The third kappa shape index (κ3) is 2.96. The first-order chi connectivity index (χ1) is 9.90. The second-order valence-corrected chi connectivity index (χ2v) is 4.09. The first kappa shape index (κ1) is 14.4. The summed E-state index contributed by atoms with van der Waals surface area (Å²) in [5, 5.41) is 23.6. The SMILES string of the molecule is Cn1ncc(C(=O)O)c1COc1cc(F)ccc1[N+](=O)[O-]. The molecule has 0 atom stereocenters. The molecule has 1 aromatic heterocycles. The van der Waals surface area contributed by atoms with Crippen molar-refractivity contribution in [2.24, 2.45) is 7.05 Å². The van der Waals surface area contributed by atoms with Crippen molar-refractivity contribution in [2.75, 3.05) is 0 Å². The highest BCUT2D eigenvalue weighted by atomic mass is 19.1. The number of hydrogen-bond acceptors (Lipinski definition) is 5. The van der Waals surface area contributed by atoms with Crippen LogP contribution in [-0.2, 0) is 13.7 Å². The van der Waals surface area contributed by atoms with E-state index in [0.29, 0.717) is 0 Å². The zero-order valence-electron chi connectivity index (χ0n) is 10.8. The average molecular weight is 295 g/mol. The minimum absolute atomic E-state index is 0.0865. The van der Waals surface area contributed by atoms with Gasteiger partial charge in [0.15, 0.2) is 5.75 Å². The third-order valence-corrected chi connectivity index (χ3v) is 2.77. The molecule has 0 aliphatic heterocycles. The summed E-state index contributed by atoms with van der Waals surface area (Å²) >= 11 is 0. The summed E-state index contributed by atoms with van der Waals surface area (Å²) in [6.07, 6.45) is 1.14. The van der Waals surface area contributed by atoms with E-state index in [9.17, 15) is 19.3 Å². The predicted octanol–water partition coefficient (Wildman–Crippen LogP) is 1.74. The average Bonchev–Trinajstić information content (AvgIpc) is 2.77. The van der Waals surface area contributed by atoms with Gasteiger partial charge in [-0.25, -0.2) is 9.18 Å². The van der Waals surface area contributed by atoms with E-state index in [1.165, 1.54) is 11.7 Å². The highest BCUT2D eigenvalue weighted by Crippen LogP contribution is 2.28. The van der Waals surface area contributed by atoms with E-state index in [0.717, 1.165) is 24.4 Å². The molecule has 1 N–H and O–H groups in total. The van der Waals surface area contributed by atoms with Gasteiger partial charge in [-0.1, -0.05) is 0 Å². The molecule has 0 saturated carbocycles. The maximum Gasteiger partial charge on any atom is 0.339 e. The number of aromatic carboxylic acids is 1. The number of hydrogen-bond donors (Lipinski definition) is 1. The van der Waals surface area contributed by atoms with Crippen LogP contribution in [0.15, 0.2) is 24.4 Å². The summed E-state index contributed by atoms with van der Waals surface area (Å²) in [4.78, 5) is 21.1. The molecule has 0 unspecified atom stereocenters. The molecule has 2 rings (SSSR count). The molecule has 0 amide bonds. The molecule has 1 aromatic carbocycles.